The maximum absolute atomic E-state index is 12.5. The van der Waals surface area contributed by atoms with Crippen molar-refractivity contribution in [2.45, 2.75) is 58.6 Å². The Morgan fingerprint density at radius 3 is 2.63 bits per heavy atom. The molecule has 0 radical (unpaired) electrons. The summed E-state index contributed by atoms with van der Waals surface area (Å²) in [5, 5.41) is 13.6. The molecule has 1 saturated carbocycles. The first-order chi connectivity index (χ1) is 16.7. The van der Waals surface area contributed by atoms with Gasteiger partial charge in [-0.2, -0.15) is 0 Å². The number of nitrogens with zero attached hydrogens (tertiary/aromatic N) is 3. The number of carboxylic acid groups (broad SMARTS) is 1. The van der Waals surface area contributed by atoms with Gasteiger partial charge in [0.25, 0.3) is 0 Å². The second kappa shape index (κ2) is 9.08. The summed E-state index contributed by atoms with van der Waals surface area (Å²) in [7, 11) is 0.175. The second-order valence-corrected chi connectivity index (χ2v) is 15.2. The van der Waals surface area contributed by atoms with Crippen molar-refractivity contribution in [2.75, 3.05) is 31.9 Å². The van der Waals surface area contributed by atoms with E-state index in [1.54, 1.807) is 11.9 Å². The van der Waals surface area contributed by atoms with Gasteiger partial charge >= 0.3 is 166 Å². The van der Waals surface area contributed by atoms with E-state index in [2.05, 4.69) is 10.1 Å². The third kappa shape index (κ3) is 4.39. The average Bonchev–Trinajstić information content (AvgIpc) is 3.59. The number of hydrogen-bond donors (Lipinski definition) is 1. The van der Waals surface area contributed by atoms with Crippen LogP contribution in [0.3, 0.4) is 0 Å². The Morgan fingerprint density at radius 2 is 1.97 bits per heavy atom. The minimum atomic E-state index is -1.62. The number of rotatable bonds is 8. The number of amides is 1. The number of fused-ring (bicyclic) bond motifs is 1. The molecule has 2 bridgehead atoms. The van der Waals surface area contributed by atoms with Crippen molar-refractivity contribution in [3.8, 4) is 17.2 Å². The van der Waals surface area contributed by atoms with Crippen LogP contribution in [0.4, 0.5) is 4.79 Å². The van der Waals surface area contributed by atoms with Crippen LogP contribution in [0.2, 0.25) is 0 Å². The van der Waals surface area contributed by atoms with Crippen LogP contribution in [0.1, 0.15) is 49.1 Å². The van der Waals surface area contributed by atoms with Crippen LogP contribution in [0.5, 0.6) is 5.75 Å². The van der Waals surface area contributed by atoms with Crippen LogP contribution in [-0.4, -0.2) is 70.1 Å². The van der Waals surface area contributed by atoms with E-state index in [0.29, 0.717) is 34.8 Å². The fourth-order valence-corrected chi connectivity index (χ4v) is 11.8. The molecule has 0 spiro atoms. The molecule has 1 amide bonds. The molecule has 0 aromatic carbocycles. The van der Waals surface area contributed by atoms with Crippen molar-refractivity contribution in [2.24, 2.45) is 5.41 Å². The molecule has 6 rings (SSSR count). The first kappa shape index (κ1) is 24.0. The van der Waals surface area contributed by atoms with Gasteiger partial charge in [-0.3, -0.25) is 0 Å². The van der Waals surface area contributed by atoms with E-state index in [-0.39, 0.29) is 18.7 Å². The molecule has 190 valence electrons. The number of carbonyl (C=O) groups excluding carboxylic acids is 1. The summed E-state index contributed by atoms with van der Waals surface area (Å²) >= 11 is 0. The zero-order chi connectivity index (χ0) is 24.8. The van der Waals surface area contributed by atoms with Crippen LogP contribution >= 0.6 is 7.26 Å². The van der Waals surface area contributed by atoms with Gasteiger partial charge < -0.3 is 0 Å². The fraction of sp³-hybridized carbons (Fsp3) is 0.600. The van der Waals surface area contributed by atoms with Gasteiger partial charge in [0.2, 0.25) is 0 Å². The number of aryl methyl sites for hydroxylation is 2. The maximum atomic E-state index is 12.5. The molecule has 10 heteroatoms. The molecule has 0 unspecified atom stereocenters. The summed E-state index contributed by atoms with van der Waals surface area (Å²) in [5.74, 6) is 0.551. The van der Waals surface area contributed by atoms with Crippen LogP contribution in [-0.2, 0) is 16.1 Å². The molecule has 0 atom stereocenters. The van der Waals surface area contributed by atoms with Gasteiger partial charge in [-0.15, -0.1) is 0 Å². The molecule has 2 aromatic rings. The average molecular weight is 504 g/mol. The summed E-state index contributed by atoms with van der Waals surface area (Å²) in [5.41, 5.74) is 2.23. The Morgan fingerprint density at radius 1 is 1.23 bits per heavy atom. The van der Waals surface area contributed by atoms with Crippen molar-refractivity contribution >= 4 is 19.3 Å². The zero-order valence-electron chi connectivity index (χ0n) is 20.6. The Balaban J connectivity index is 1.23. The summed E-state index contributed by atoms with van der Waals surface area (Å²) in [6.45, 7) is 3.77. The summed E-state index contributed by atoms with van der Waals surface area (Å²) < 4.78 is 17.3. The monoisotopic (exact) mass is 503 g/mol. The van der Waals surface area contributed by atoms with Crippen molar-refractivity contribution in [3.05, 3.63) is 29.1 Å². The van der Waals surface area contributed by atoms with E-state index in [1.807, 2.05) is 26.0 Å². The third-order valence-corrected chi connectivity index (χ3v) is 13.2. The Hall–Kier alpha value is -2.67. The number of ether oxygens (including phenoxy) is 2. The number of carboxylic acids is 1. The zero-order valence-corrected chi connectivity index (χ0v) is 21.6. The molecule has 3 saturated heterocycles. The number of hydrogen-bond acceptors (Lipinski definition) is 7. The first-order valence-corrected chi connectivity index (χ1v) is 15.2. The molecule has 35 heavy (non-hydrogen) atoms. The molecule has 5 heterocycles. The molecule has 1 aliphatic carbocycles. The van der Waals surface area contributed by atoms with E-state index in [0.717, 1.165) is 56.3 Å². The quantitative estimate of drug-likeness (QED) is 0.526. The van der Waals surface area contributed by atoms with Gasteiger partial charge in [0.05, 0.1) is 0 Å². The number of aromatic nitrogens is 2. The Kier molecular flexibility index (Phi) is 6.24. The van der Waals surface area contributed by atoms with Crippen molar-refractivity contribution in [1.82, 2.24) is 15.0 Å². The van der Waals surface area contributed by atoms with E-state index < -0.39 is 18.6 Å². The molecular weight excluding hydrogens is 469 g/mol. The molecule has 3 aliphatic heterocycles. The summed E-state index contributed by atoms with van der Waals surface area (Å²) in [6.07, 6.45) is 8.11. The number of aliphatic carboxylic acids is 1. The molecule has 1 N–H and O–H groups in total. The van der Waals surface area contributed by atoms with Crippen LogP contribution in [0, 0.1) is 19.3 Å². The van der Waals surface area contributed by atoms with Crippen LogP contribution < -0.4 is 4.74 Å². The molecular formula is C25H34N3O6P. The Labute approximate surface area is 205 Å². The molecule has 4 aliphatic rings. The van der Waals surface area contributed by atoms with Gasteiger partial charge in [0, 0.05) is 13.1 Å². The summed E-state index contributed by atoms with van der Waals surface area (Å²) in [6, 6.07) is 3.95. The topological polar surface area (TPSA) is 115 Å². The van der Waals surface area contributed by atoms with Gasteiger partial charge in [0.1, 0.15) is 0 Å². The molecule has 2 aromatic heterocycles. The van der Waals surface area contributed by atoms with E-state index in [9.17, 15) is 14.7 Å². The molecule has 4 fully saturated rings. The van der Waals surface area contributed by atoms with Crippen molar-refractivity contribution in [1.29, 1.82) is 0 Å². The fourth-order valence-electron chi connectivity index (χ4n) is 6.17. The van der Waals surface area contributed by atoms with Gasteiger partial charge in [-0.05, 0) is 12.8 Å². The first-order valence-electron chi connectivity index (χ1n) is 12.4. The Bertz CT molecular complexity index is 1140. The minimum absolute atomic E-state index is 0.0684. The van der Waals surface area contributed by atoms with E-state index >= 15 is 0 Å². The predicted molar refractivity (Wildman–Crippen MR) is 133 cm³/mol. The summed E-state index contributed by atoms with van der Waals surface area (Å²) in [4.78, 5) is 30.5. The van der Waals surface area contributed by atoms with Crippen LogP contribution in [0.15, 0.2) is 16.7 Å². The number of carbonyl (C=O) groups is 2. The SMILES string of the molecule is Cc1nc(-c2onc(C)c2COC(=O)N(C)C2CCCC2)ccc1OC[PH]12CCC(C(=O)O)(C1)C2. The normalized spacial score (nSPS) is 23.5. The van der Waals surface area contributed by atoms with Crippen molar-refractivity contribution in [3.63, 3.8) is 0 Å². The number of pyridine rings is 1. The van der Waals surface area contributed by atoms with Gasteiger partial charge in [-0.1, -0.05) is 12.8 Å². The standard InChI is InChI=1S/C25H34N3O6P/c1-16-19(12-32-24(31)28(3)18-6-4-5-7-18)22(34-27-16)20-8-9-21(17(2)26-20)33-15-35-11-10-25(13-35,14-35)23(29)30/h8-9,18,35H,4-7,10-15H2,1-3H3,(H,29,30). The second-order valence-electron chi connectivity index (χ2n) is 10.7. The van der Waals surface area contributed by atoms with E-state index in [4.69, 9.17) is 14.0 Å². The van der Waals surface area contributed by atoms with Gasteiger partial charge in [0.15, 0.2) is 0 Å². The molecule has 9 nitrogen and oxygen atoms in total. The third-order valence-electron chi connectivity index (χ3n) is 8.30. The van der Waals surface area contributed by atoms with Crippen LogP contribution in [0.25, 0.3) is 11.5 Å². The van der Waals surface area contributed by atoms with E-state index in [1.165, 1.54) is 0 Å². The predicted octanol–water partition coefficient (Wildman–Crippen LogP) is 4.44. The van der Waals surface area contributed by atoms with Crippen molar-refractivity contribution < 1.29 is 28.7 Å². The van der Waals surface area contributed by atoms with Gasteiger partial charge in [-0.25, -0.2) is 0 Å².